The van der Waals surface area contributed by atoms with Crippen LogP contribution in [-0.2, 0) is 25.7 Å². The normalized spacial score (nSPS) is 21.4. The lowest BCUT2D eigenvalue weighted by molar-refractivity contribution is -0.195. The van der Waals surface area contributed by atoms with Gasteiger partial charge < -0.3 is 19.7 Å². The second-order valence-corrected chi connectivity index (χ2v) is 9.18. The van der Waals surface area contributed by atoms with E-state index in [1.54, 1.807) is 0 Å². The minimum Gasteiger partial charge on any atom is -0.475 e. The van der Waals surface area contributed by atoms with Crippen molar-refractivity contribution in [3.05, 3.63) is 30.1 Å². The summed E-state index contributed by atoms with van der Waals surface area (Å²) in [6.07, 6.45) is 1.31. The van der Waals surface area contributed by atoms with Gasteiger partial charge in [-0.3, -0.25) is 9.88 Å². The molecule has 1 aliphatic carbocycles. The fourth-order valence-electron chi connectivity index (χ4n) is 4.22. The summed E-state index contributed by atoms with van der Waals surface area (Å²) in [5.74, 6) is -4.75. The minimum atomic E-state index is -5.08. The van der Waals surface area contributed by atoms with Gasteiger partial charge in [0.05, 0.1) is 12.2 Å². The van der Waals surface area contributed by atoms with E-state index in [-0.39, 0.29) is 5.60 Å². The predicted octanol–water partition coefficient (Wildman–Crippen LogP) is 4.29. The number of likely N-dealkylation sites (tertiary alicyclic amines) is 1. The second-order valence-electron chi connectivity index (χ2n) is 9.18. The molecule has 37 heavy (non-hydrogen) atoms. The highest BCUT2D eigenvalue weighted by Gasteiger charge is 2.49. The average molecular weight is 544 g/mol. The lowest BCUT2D eigenvalue weighted by Gasteiger charge is -2.57. The summed E-state index contributed by atoms with van der Waals surface area (Å²) in [5.41, 5.74) is 1.39. The number of carboxylic acid groups (broad SMARTS) is 2. The number of aromatic nitrogens is 1. The van der Waals surface area contributed by atoms with Crippen molar-refractivity contribution in [2.45, 2.75) is 69.1 Å². The van der Waals surface area contributed by atoms with Crippen LogP contribution in [0, 0.1) is 5.92 Å². The number of nitrogens with zero attached hydrogens (tertiary/aromatic N) is 2. The third-order valence-electron chi connectivity index (χ3n) is 6.34. The number of carboxylic acids is 2. The van der Waals surface area contributed by atoms with Crippen molar-refractivity contribution in [3.8, 4) is 0 Å². The first-order valence-corrected chi connectivity index (χ1v) is 11.7. The number of pyridine rings is 1. The van der Waals surface area contributed by atoms with Crippen LogP contribution in [0.2, 0.25) is 0 Å². The number of carbonyl (C=O) groups is 2. The molecule has 3 fully saturated rings. The van der Waals surface area contributed by atoms with Gasteiger partial charge in [0.15, 0.2) is 0 Å². The summed E-state index contributed by atoms with van der Waals surface area (Å²) in [6.45, 7) is 4.84. The van der Waals surface area contributed by atoms with E-state index in [1.165, 1.54) is 57.2 Å². The smallest absolute Gasteiger partial charge is 0.475 e. The molecule has 4 rings (SSSR count). The molecule has 1 spiro atoms. The third kappa shape index (κ3) is 10.4. The molecule has 2 saturated heterocycles. The van der Waals surface area contributed by atoms with E-state index in [0.29, 0.717) is 6.61 Å². The maximum Gasteiger partial charge on any atom is 0.490 e. The molecule has 0 aromatic carbocycles. The lowest BCUT2D eigenvalue weighted by Crippen LogP contribution is -2.68. The highest BCUT2D eigenvalue weighted by Crippen LogP contribution is 2.41. The molecule has 1 atom stereocenters. The van der Waals surface area contributed by atoms with E-state index in [9.17, 15) is 26.3 Å². The quantitative estimate of drug-likeness (QED) is 0.404. The molecule has 8 nitrogen and oxygen atoms in total. The summed E-state index contributed by atoms with van der Waals surface area (Å²) < 4.78 is 75.5. The van der Waals surface area contributed by atoms with Gasteiger partial charge in [0.1, 0.15) is 0 Å². The van der Waals surface area contributed by atoms with Crippen LogP contribution in [0.5, 0.6) is 0 Å². The number of aliphatic carboxylic acids is 2. The molecule has 14 heteroatoms. The van der Waals surface area contributed by atoms with Gasteiger partial charge in [0, 0.05) is 44.7 Å². The van der Waals surface area contributed by atoms with Crippen LogP contribution < -0.4 is 0 Å². The van der Waals surface area contributed by atoms with E-state index in [4.69, 9.17) is 29.3 Å². The Balaban J connectivity index is 0.000000286. The first-order valence-electron chi connectivity index (χ1n) is 11.7. The number of hydrogen-bond acceptors (Lipinski definition) is 6. The second kappa shape index (κ2) is 13.4. The highest BCUT2D eigenvalue weighted by atomic mass is 19.4. The summed E-state index contributed by atoms with van der Waals surface area (Å²) in [5, 5.41) is 14.2. The first kappa shape index (κ1) is 30.8. The predicted molar refractivity (Wildman–Crippen MR) is 117 cm³/mol. The molecule has 3 aliphatic rings. The van der Waals surface area contributed by atoms with Gasteiger partial charge in [-0.15, -0.1) is 0 Å². The molecule has 1 aromatic rings. The van der Waals surface area contributed by atoms with Crippen molar-refractivity contribution < 1.29 is 55.6 Å². The Morgan fingerprint density at radius 3 is 2.03 bits per heavy atom. The van der Waals surface area contributed by atoms with Crippen molar-refractivity contribution in [3.63, 3.8) is 0 Å². The van der Waals surface area contributed by atoms with Crippen molar-refractivity contribution in [2.75, 3.05) is 26.3 Å². The van der Waals surface area contributed by atoms with E-state index < -0.39 is 24.3 Å². The highest BCUT2D eigenvalue weighted by molar-refractivity contribution is 5.73. The SMILES string of the molecule is O=C(O)C(F)(F)F.O=C(O)C(F)(F)F.c1cc(COCCC2CCOC3(C2)CN(C2CCC2)C3)ccn1. The molecule has 1 unspecified atom stereocenters. The van der Waals surface area contributed by atoms with Gasteiger partial charge in [0.25, 0.3) is 0 Å². The summed E-state index contributed by atoms with van der Waals surface area (Å²) in [6, 6.07) is 4.91. The van der Waals surface area contributed by atoms with Crippen molar-refractivity contribution >= 4 is 11.9 Å². The van der Waals surface area contributed by atoms with Gasteiger partial charge in [-0.2, -0.15) is 26.3 Å². The zero-order valence-corrected chi connectivity index (χ0v) is 19.9. The van der Waals surface area contributed by atoms with Crippen LogP contribution in [0.1, 0.15) is 44.1 Å². The van der Waals surface area contributed by atoms with E-state index in [1.807, 2.05) is 24.5 Å². The number of alkyl halides is 6. The summed E-state index contributed by atoms with van der Waals surface area (Å²) in [7, 11) is 0. The van der Waals surface area contributed by atoms with Gasteiger partial charge in [0.2, 0.25) is 0 Å². The minimum absolute atomic E-state index is 0.184. The fourth-order valence-corrected chi connectivity index (χ4v) is 4.22. The van der Waals surface area contributed by atoms with Crippen molar-refractivity contribution in [1.29, 1.82) is 0 Å². The Kier molecular flexibility index (Phi) is 11.1. The van der Waals surface area contributed by atoms with Gasteiger partial charge >= 0.3 is 24.3 Å². The Bertz CT molecular complexity index is 834. The van der Waals surface area contributed by atoms with Crippen LogP contribution in [-0.4, -0.2) is 82.3 Å². The van der Waals surface area contributed by atoms with Crippen LogP contribution in [0.3, 0.4) is 0 Å². The van der Waals surface area contributed by atoms with E-state index >= 15 is 0 Å². The zero-order valence-electron chi connectivity index (χ0n) is 19.9. The molecule has 0 bridgehead atoms. The van der Waals surface area contributed by atoms with E-state index in [2.05, 4.69) is 9.88 Å². The van der Waals surface area contributed by atoms with Gasteiger partial charge in [-0.05, 0) is 55.7 Å². The number of rotatable bonds is 6. The number of halogens is 6. The van der Waals surface area contributed by atoms with Crippen LogP contribution in [0.15, 0.2) is 24.5 Å². The molecule has 210 valence electrons. The Labute approximate surface area is 209 Å². The molecule has 1 aromatic heterocycles. The van der Waals surface area contributed by atoms with Crippen LogP contribution in [0.4, 0.5) is 26.3 Å². The molecule has 2 N–H and O–H groups in total. The maximum absolute atomic E-state index is 10.6. The lowest BCUT2D eigenvalue weighted by atomic mass is 9.76. The van der Waals surface area contributed by atoms with Gasteiger partial charge in [-0.1, -0.05) is 6.42 Å². The van der Waals surface area contributed by atoms with Crippen LogP contribution in [0.25, 0.3) is 0 Å². The average Bonchev–Trinajstić information content (AvgIpc) is 2.75. The topological polar surface area (TPSA) is 109 Å². The molecule has 1 saturated carbocycles. The Morgan fingerprint density at radius 1 is 1.03 bits per heavy atom. The number of hydrogen-bond donors (Lipinski definition) is 2. The van der Waals surface area contributed by atoms with Crippen LogP contribution >= 0.6 is 0 Å². The summed E-state index contributed by atoms with van der Waals surface area (Å²) >= 11 is 0. The first-order chi connectivity index (χ1) is 17.2. The molecular weight excluding hydrogens is 514 g/mol. The van der Waals surface area contributed by atoms with Gasteiger partial charge in [-0.25, -0.2) is 9.59 Å². The molecule has 3 heterocycles. The third-order valence-corrected chi connectivity index (χ3v) is 6.34. The Morgan fingerprint density at radius 2 is 1.57 bits per heavy atom. The molecule has 0 radical (unpaired) electrons. The standard InChI is InChI=1S/C19H28N2O2.2C2HF3O2/c1-2-18(3-1)21-14-19(15-21)12-16(7-11-23-19)6-10-22-13-17-4-8-20-9-5-17;2*3-2(4,5)1(6)7/h4-5,8-9,16,18H,1-3,6-7,10-15H2;2*(H,6,7). The van der Waals surface area contributed by atoms with Crippen molar-refractivity contribution in [1.82, 2.24) is 9.88 Å². The largest absolute Gasteiger partial charge is 0.490 e. The molecule has 2 aliphatic heterocycles. The zero-order chi connectivity index (χ0) is 27.7. The Hall–Kier alpha value is -2.45. The van der Waals surface area contributed by atoms with E-state index in [0.717, 1.165) is 25.2 Å². The maximum atomic E-state index is 10.6. The molecular formula is C23H30F6N2O6. The fraction of sp³-hybridized carbons (Fsp3) is 0.696. The molecule has 0 amide bonds. The summed E-state index contributed by atoms with van der Waals surface area (Å²) in [4.78, 5) is 24.5. The number of ether oxygens (including phenoxy) is 2. The van der Waals surface area contributed by atoms with Crippen molar-refractivity contribution in [2.24, 2.45) is 5.92 Å². The monoisotopic (exact) mass is 544 g/mol.